The highest BCUT2D eigenvalue weighted by Gasteiger charge is 2.59. The molecule has 3 nitrogen and oxygen atoms in total. The van der Waals surface area contributed by atoms with E-state index in [0.29, 0.717) is 0 Å². The van der Waals surface area contributed by atoms with Crippen LogP contribution in [0.1, 0.15) is 59.8 Å². The number of carbonyl (C=O) groups is 1. The summed E-state index contributed by atoms with van der Waals surface area (Å²) in [4.78, 5) is 11.8. The van der Waals surface area contributed by atoms with Crippen molar-refractivity contribution in [2.75, 3.05) is 0 Å². The topological polar surface area (TPSA) is 46.5 Å². The number of hydrogen-bond acceptors (Lipinski definition) is 2. The van der Waals surface area contributed by atoms with Crippen LogP contribution in [0.2, 0.25) is 0 Å². The highest BCUT2D eigenvalue weighted by atomic mass is 16.5. The van der Waals surface area contributed by atoms with Crippen molar-refractivity contribution in [3.8, 4) is 0 Å². The van der Waals surface area contributed by atoms with Gasteiger partial charge in [-0.15, -0.1) is 0 Å². The predicted octanol–water partition coefficient (Wildman–Crippen LogP) is 3.23. The molecule has 1 aliphatic carbocycles. The molecule has 1 N–H and O–H groups in total. The van der Waals surface area contributed by atoms with Crippen LogP contribution in [0.5, 0.6) is 0 Å². The fourth-order valence-electron chi connectivity index (χ4n) is 4.14. The Hall–Kier alpha value is -0.570. The maximum absolute atomic E-state index is 11.8. The largest absolute Gasteiger partial charge is 0.481 e. The lowest BCUT2D eigenvalue weighted by molar-refractivity contribution is -0.158. The SMILES string of the molecule is CC1(C)CC(C2(C(=O)O)CCCC2)C(C)(C)O1. The van der Waals surface area contributed by atoms with Crippen LogP contribution in [0.4, 0.5) is 0 Å². The van der Waals surface area contributed by atoms with E-state index in [1.807, 2.05) is 0 Å². The monoisotopic (exact) mass is 240 g/mol. The highest BCUT2D eigenvalue weighted by Crippen LogP contribution is 2.56. The fourth-order valence-corrected chi connectivity index (χ4v) is 4.14. The number of hydrogen-bond donors (Lipinski definition) is 1. The van der Waals surface area contributed by atoms with Crippen molar-refractivity contribution in [3.05, 3.63) is 0 Å². The van der Waals surface area contributed by atoms with Crippen molar-refractivity contribution in [1.82, 2.24) is 0 Å². The summed E-state index contributed by atoms with van der Waals surface area (Å²) >= 11 is 0. The minimum atomic E-state index is -0.616. The fraction of sp³-hybridized carbons (Fsp3) is 0.929. The molecule has 0 radical (unpaired) electrons. The molecular formula is C14H24O3. The quantitative estimate of drug-likeness (QED) is 0.806. The molecule has 2 aliphatic rings. The van der Waals surface area contributed by atoms with Gasteiger partial charge in [0.2, 0.25) is 0 Å². The first-order valence-corrected chi connectivity index (χ1v) is 6.63. The van der Waals surface area contributed by atoms with Crippen LogP contribution in [0.15, 0.2) is 0 Å². The molecule has 3 heteroatoms. The Morgan fingerprint density at radius 3 is 2.06 bits per heavy atom. The van der Waals surface area contributed by atoms with Crippen LogP contribution in [0, 0.1) is 11.3 Å². The normalized spacial score (nSPS) is 33.8. The average Bonchev–Trinajstić information content (AvgIpc) is 2.68. The lowest BCUT2D eigenvalue weighted by atomic mass is 9.65. The second-order valence-corrected chi connectivity index (χ2v) is 6.89. The third kappa shape index (κ3) is 1.99. The van der Waals surface area contributed by atoms with E-state index >= 15 is 0 Å². The predicted molar refractivity (Wildman–Crippen MR) is 65.9 cm³/mol. The molecule has 1 saturated carbocycles. The summed E-state index contributed by atoms with van der Waals surface area (Å²) in [7, 11) is 0. The van der Waals surface area contributed by atoms with Crippen molar-refractivity contribution < 1.29 is 14.6 Å². The molecule has 0 spiro atoms. The van der Waals surface area contributed by atoms with Gasteiger partial charge in [0.05, 0.1) is 16.6 Å². The molecule has 0 aromatic carbocycles. The van der Waals surface area contributed by atoms with E-state index in [1.165, 1.54) is 0 Å². The minimum absolute atomic E-state index is 0.130. The van der Waals surface area contributed by atoms with Crippen molar-refractivity contribution in [3.63, 3.8) is 0 Å². The first kappa shape index (κ1) is 12.9. The molecule has 0 aromatic heterocycles. The Balaban J connectivity index is 2.35. The van der Waals surface area contributed by atoms with E-state index in [2.05, 4.69) is 27.7 Å². The molecule has 1 aliphatic heterocycles. The van der Waals surface area contributed by atoms with Crippen molar-refractivity contribution in [2.24, 2.45) is 11.3 Å². The van der Waals surface area contributed by atoms with E-state index in [0.717, 1.165) is 32.1 Å². The van der Waals surface area contributed by atoms with Crippen LogP contribution in [-0.2, 0) is 9.53 Å². The van der Waals surface area contributed by atoms with Crippen molar-refractivity contribution >= 4 is 5.97 Å². The molecule has 0 amide bonds. The van der Waals surface area contributed by atoms with Crippen LogP contribution >= 0.6 is 0 Å². The molecule has 1 unspecified atom stereocenters. The van der Waals surface area contributed by atoms with Gasteiger partial charge in [-0.25, -0.2) is 0 Å². The van der Waals surface area contributed by atoms with Gasteiger partial charge in [-0.1, -0.05) is 12.8 Å². The van der Waals surface area contributed by atoms with Crippen LogP contribution in [0.25, 0.3) is 0 Å². The molecule has 17 heavy (non-hydrogen) atoms. The second kappa shape index (κ2) is 3.71. The van der Waals surface area contributed by atoms with Gasteiger partial charge in [-0.05, 0) is 47.0 Å². The first-order chi connectivity index (χ1) is 7.70. The summed E-state index contributed by atoms with van der Waals surface area (Å²) in [5.41, 5.74) is -1.07. The molecule has 98 valence electrons. The Kier molecular flexibility index (Phi) is 2.81. The minimum Gasteiger partial charge on any atom is -0.481 e. The third-order valence-electron chi connectivity index (χ3n) is 4.66. The summed E-state index contributed by atoms with van der Waals surface area (Å²) in [5, 5.41) is 9.67. The highest BCUT2D eigenvalue weighted by molar-refractivity contribution is 5.75. The Bertz CT molecular complexity index is 324. The summed E-state index contributed by atoms with van der Waals surface area (Å²) in [6.45, 7) is 8.24. The van der Waals surface area contributed by atoms with E-state index in [4.69, 9.17) is 4.74 Å². The standard InChI is InChI=1S/C14H24O3/c1-12(2)9-10(13(3,4)17-12)14(11(15)16)7-5-6-8-14/h10H,5-9H2,1-4H3,(H,15,16). The van der Waals surface area contributed by atoms with Gasteiger partial charge in [0.25, 0.3) is 0 Å². The molecule has 1 heterocycles. The second-order valence-electron chi connectivity index (χ2n) is 6.89. The van der Waals surface area contributed by atoms with Crippen molar-refractivity contribution in [1.29, 1.82) is 0 Å². The molecular weight excluding hydrogens is 216 g/mol. The van der Waals surface area contributed by atoms with Gasteiger partial charge in [0.1, 0.15) is 0 Å². The Morgan fingerprint density at radius 1 is 1.18 bits per heavy atom. The lowest BCUT2D eigenvalue weighted by Gasteiger charge is -2.38. The third-order valence-corrected chi connectivity index (χ3v) is 4.66. The number of rotatable bonds is 2. The summed E-state index contributed by atoms with van der Waals surface area (Å²) < 4.78 is 6.07. The molecule has 0 aromatic rings. The smallest absolute Gasteiger partial charge is 0.310 e. The molecule has 0 bridgehead atoms. The van der Waals surface area contributed by atoms with Crippen LogP contribution in [0.3, 0.4) is 0 Å². The van der Waals surface area contributed by atoms with Crippen LogP contribution < -0.4 is 0 Å². The van der Waals surface area contributed by atoms with Crippen LogP contribution in [-0.4, -0.2) is 22.3 Å². The molecule has 1 saturated heterocycles. The average molecular weight is 240 g/mol. The Labute approximate surface area is 104 Å². The van der Waals surface area contributed by atoms with E-state index in [1.54, 1.807) is 0 Å². The zero-order valence-electron chi connectivity index (χ0n) is 11.4. The Morgan fingerprint density at radius 2 is 1.71 bits per heavy atom. The lowest BCUT2D eigenvalue weighted by Crippen LogP contribution is -2.44. The van der Waals surface area contributed by atoms with Gasteiger partial charge in [0.15, 0.2) is 0 Å². The number of ether oxygens (including phenoxy) is 1. The van der Waals surface area contributed by atoms with E-state index in [-0.39, 0.29) is 17.1 Å². The van der Waals surface area contributed by atoms with Gasteiger partial charge >= 0.3 is 5.97 Å². The number of carboxylic acids is 1. The number of aliphatic carboxylic acids is 1. The summed E-state index contributed by atoms with van der Waals surface area (Å²) in [6, 6.07) is 0. The van der Waals surface area contributed by atoms with Gasteiger partial charge in [0, 0.05) is 5.92 Å². The zero-order chi connectivity index (χ0) is 12.9. The van der Waals surface area contributed by atoms with Crippen molar-refractivity contribution in [2.45, 2.75) is 71.0 Å². The maximum Gasteiger partial charge on any atom is 0.310 e. The maximum atomic E-state index is 11.8. The van der Waals surface area contributed by atoms with Gasteiger partial charge < -0.3 is 9.84 Å². The molecule has 2 rings (SSSR count). The number of carboxylic acid groups (broad SMARTS) is 1. The van der Waals surface area contributed by atoms with E-state index < -0.39 is 11.4 Å². The molecule has 1 atom stereocenters. The summed E-state index contributed by atoms with van der Waals surface area (Å²) in [5.74, 6) is -0.487. The summed E-state index contributed by atoms with van der Waals surface area (Å²) in [6.07, 6.45) is 4.57. The molecule has 2 fully saturated rings. The van der Waals surface area contributed by atoms with E-state index in [9.17, 15) is 9.90 Å². The van der Waals surface area contributed by atoms with Gasteiger partial charge in [-0.2, -0.15) is 0 Å². The first-order valence-electron chi connectivity index (χ1n) is 6.63. The van der Waals surface area contributed by atoms with Gasteiger partial charge in [-0.3, -0.25) is 4.79 Å². The zero-order valence-corrected chi connectivity index (χ0v) is 11.4.